The molecule has 0 unspecified atom stereocenters. The molecule has 0 aromatic carbocycles. The number of nitrogens with one attached hydrogen (secondary N) is 1. The fourth-order valence-corrected chi connectivity index (χ4v) is 6.73. The predicted molar refractivity (Wildman–Crippen MR) is 101 cm³/mol. The first-order valence-electron chi connectivity index (χ1n) is 8.53. The molecular weight excluding hydrogens is 396 g/mol. The van der Waals surface area contributed by atoms with Gasteiger partial charge in [-0.2, -0.15) is 4.31 Å². The molecule has 1 saturated heterocycles. The Morgan fingerprint density at radius 1 is 1.15 bits per heavy atom. The molecule has 26 heavy (non-hydrogen) atoms. The van der Waals surface area contributed by atoms with Crippen LogP contribution in [0.4, 0.5) is 0 Å². The number of piperidine rings is 1. The number of rotatable bonds is 3. The lowest BCUT2D eigenvalue weighted by Gasteiger charge is -2.31. The van der Waals surface area contributed by atoms with Gasteiger partial charge in [-0.1, -0.05) is 0 Å². The first-order chi connectivity index (χ1) is 12.0. The SMILES string of the molecule is Cc1nc(C)c(S(=O)(=O)N2CCC(c3nnc4n3CCNC4)CC2)s1.Cl. The van der Waals surface area contributed by atoms with Crippen molar-refractivity contribution in [3.05, 3.63) is 22.4 Å². The lowest BCUT2D eigenvalue weighted by Crippen LogP contribution is -2.38. The quantitative estimate of drug-likeness (QED) is 0.810. The van der Waals surface area contributed by atoms with Crippen LogP contribution in [0.5, 0.6) is 0 Å². The molecule has 0 spiro atoms. The molecule has 2 aliphatic rings. The number of hydrogen-bond acceptors (Lipinski definition) is 7. The maximum Gasteiger partial charge on any atom is 0.254 e. The van der Waals surface area contributed by atoms with Gasteiger partial charge in [0.2, 0.25) is 0 Å². The normalized spacial score (nSPS) is 19.2. The average Bonchev–Trinajstić information content (AvgIpc) is 3.18. The molecule has 0 bridgehead atoms. The van der Waals surface area contributed by atoms with E-state index in [0.29, 0.717) is 23.0 Å². The fourth-order valence-electron chi connectivity index (χ4n) is 3.64. The number of aryl methyl sites for hydroxylation is 2. The third-order valence-electron chi connectivity index (χ3n) is 4.91. The Balaban J connectivity index is 0.00000196. The second kappa shape index (κ2) is 7.51. The lowest BCUT2D eigenvalue weighted by atomic mass is 9.97. The second-order valence-electron chi connectivity index (χ2n) is 6.59. The summed E-state index contributed by atoms with van der Waals surface area (Å²) in [5.74, 6) is 2.26. The summed E-state index contributed by atoms with van der Waals surface area (Å²) >= 11 is 1.26. The van der Waals surface area contributed by atoms with E-state index in [1.54, 1.807) is 11.2 Å². The molecule has 0 amide bonds. The minimum atomic E-state index is -3.44. The Bertz CT molecular complexity index is 886. The van der Waals surface area contributed by atoms with Crippen molar-refractivity contribution >= 4 is 33.8 Å². The molecule has 11 heteroatoms. The molecule has 2 aromatic heterocycles. The van der Waals surface area contributed by atoms with E-state index in [0.717, 1.165) is 49.1 Å². The van der Waals surface area contributed by atoms with Crippen LogP contribution >= 0.6 is 23.7 Å². The van der Waals surface area contributed by atoms with Crippen molar-refractivity contribution in [1.82, 2.24) is 29.4 Å². The second-order valence-corrected chi connectivity index (χ2v) is 9.92. The Hall–Kier alpha value is -1.07. The van der Waals surface area contributed by atoms with Gasteiger partial charge in [-0.25, -0.2) is 13.4 Å². The number of fused-ring (bicyclic) bond motifs is 1. The predicted octanol–water partition coefficient (Wildman–Crippen LogP) is 1.44. The van der Waals surface area contributed by atoms with Crippen LogP contribution in [0.25, 0.3) is 0 Å². The molecule has 0 saturated carbocycles. The van der Waals surface area contributed by atoms with E-state index >= 15 is 0 Å². The van der Waals surface area contributed by atoms with Crippen molar-refractivity contribution in [3.63, 3.8) is 0 Å². The molecule has 8 nitrogen and oxygen atoms in total. The van der Waals surface area contributed by atoms with Gasteiger partial charge >= 0.3 is 0 Å². The number of hydrogen-bond donors (Lipinski definition) is 1. The first kappa shape index (κ1) is 19.7. The van der Waals surface area contributed by atoms with Crippen LogP contribution in [0.2, 0.25) is 0 Å². The third kappa shape index (κ3) is 3.40. The van der Waals surface area contributed by atoms with E-state index in [1.165, 1.54) is 11.3 Å². The molecule has 1 N–H and O–H groups in total. The van der Waals surface area contributed by atoms with Crippen LogP contribution < -0.4 is 5.32 Å². The summed E-state index contributed by atoms with van der Waals surface area (Å²) in [5, 5.41) is 12.7. The highest BCUT2D eigenvalue weighted by atomic mass is 35.5. The minimum Gasteiger partial charge on any atom is -0.312 e. The Labute approximate surface area is 163 Å². The molecule has 0 aliphatic carbocycles. The summed E-state index contributed by atoms with van der Waals surface area (Å²) in [6.45, 7) is 7.20. The number of aromatic nitrogens is 4. The van der Waals surface area contributed by atoms with Crippen LogP contribution in [0, 0.1) is 13.8 Å². The molecule has 4 heterocycles. The monoisotopic (exact) mass is 418 g/mol. The topological polar surface area (TPSA) is 93.0 Å². The summed E-state index contributed by atoms with van der Waals surface area (Å²) < 4.78 is 30.0. The minimum absolute atomic E-state index is 0. The van der Waals surface area contributed by atoms with Crippen molar-refractivity contribution < 1.29 is 8.42 Å². The van der Waals surface area contributed by atoms with E-state index in [4.69, 9.17) is 0 Å². The highest BCUT2D eigenvalue weighted by molar-refractivity contribution is 7.91. The third-order valence-corrected chi connectivity index (χ3v) is 8.46. The average molecular weight is 419 g/mol. The highest BCUT2D eigenvalue weighted by Gasteiger charge is 2.34. The standard InChI is InChI=1S/C15H22N6O2S2.ClH/c1-10-15(24-11(2)17-10)25(22,23)20-6-3-12(4-7-20)14-19-18-13-9-16-5-8-21(13)14;/h12,16H,3-9H2,1-2H3;1H. The van der Waals surface area contributed by atoms with Gasteiger partial charge < -0.3 is 9.88 Å². The zero-order chi connectivity index (χ0) is 17.6. The van der Waals surface area contributed by atoms with Crippen LogP contribution in [-0.4, -0.2) is 52.1 Å². The number of sulfonamides is 1. The van der Waals surface area contributed by atoms with Crippen LogP contribution in [-0.2, 0) is 23.1 Å². The molecular formula is C15H23ClN6O2S2. The van der Waals surface area contributed by atoms with Gasteiger partial charge in [0.25, 0.3) is 10.0 Å². The van der Waals surface area contributed by atoms with Gasteiger partial charge in [-0.3, -0.25) is 0 Å². The van der Waals surface area contributed by atoms with Gasteiger partial charge in [-0.05, 0) is 26.7 Å². The fraction of sp³-hybridized carbons (Fsp3) is 0.667. The smallest absolute Gasteiger partial charge is 0.254 e. The summed E-state index contributed by atoms with van der Waals surface area (Å²) in [4.78, 5) is 4.26. The Morgan fingerprint density at radius 2 is 1.88 bits per heavy atom. The summed E-state index contributed by atoms with van der Waals surface area (Å²) in [6, 6.07) is 0. The molecule has 144 valence electrons. The van der Waals surface area contributed by atoms with E-state index in [2.05, 4.69) is 25.1 Å². The molecule has 0 radical (unpaired) electrons. The van der Waals surface area contributed by atoms with Crippen molar-refractivity contribution in [3.8, 4) is 0 Å². The van der Waals surface area contributed by atoms with E-state index in [1.807, 2.05) is 6.92 Å². The van der Waals surface area contributed by atoms with Gasteiger partial charge in [0.05, 0.1) is 17.2 Å². The number of nitrogens with zero attached hydrogens (tertiary/aromatic N) is 5. The van der Waals surface area contributed by atoms with E-state index in [-0.39, 0.29) is 18.3 Å². The maximum atomic E-state index is 12.9. The van der Waals surface area contributed by atoms with Gasteiger partial charge in [0, 0.05) is 32.1 Å². The number of thiazole rings is 1. The first-order valence-corrected chi connectivity index (χ1v) is 10.8. The van der Waals surface area contributed by atoms with Gasteiger partial charge in [-0.15, -0.1) is 33.9 Å². The van der Waals surface area contributed by atoms with Gasteiger partial charge in [0.1, 0.15) is 11.6 Å². The molecule has 1 fully saturated rings. The zero-order valence-electron chi connectivity index (χ0n) is 14.8. The molecule has 4 rings (SSSR count). The van der Waals surface area contributed by atoms with Crippen molar-refractivity contribution in [1.29, 1.82) is 0 Å². The van der Waals surface area contributed by atoms with Crippen molar-refractivity contribution in [2.45, 2.75) is 49.9 Å². The van der Waals surface area contributed by atoms with Crippen molar-refractivity contribution in [2.75, 3.05) is 19.6 Å². The largest absolute Gasteiger partial charge is 0.312 e. The lowest BCUT2D eigenvalue weighted by molar-refractivity contribution is 0.307. The number of halogens is 1. The molecule has 0 atom stereocenters. The molecule has 2 aromatic rings. The van der Waals surface area contributed by atoms with E-state index in [9.17, 15) is 8.42 Å². The van der Waals surface area contributed by atoms with Crippen LogP contribution in [0.1, 0.15) is 41.1 Å². The van der Waals surface area contributed by atoms with Gasteiger partial charge in [0.15, 0.2) is 4.21 Å². The van der Waals surface area contributed by atoms with Crippen molar-refractivity contribution in [2.24, 2.45) is 0 Å². The van der Waals surface area contributed by atoms with Crippen LogP contribution in [0.15, 0.2) is 4.21 Å². The summed E-state index contributed by atoms with van der Waals surface area (Å²) in [7, 11) is -3.44. The summed E-state index contributed by atoms with van der Waals surface area (Å²) in [5.41, 5.74) is 0.601. The summed E-state index contributed by atoms with van der Waals surface area (Å²) in [6.07, 6.45) is 1.56. The zero-order valence-corrected chi connectivity index (χ0v) is 17.3. The maximum absolute atomic E-state index is 12.9. The Kier molecular flexibility index (Phi) is 5.69. The van der Waals surface area contributed by atoms with Crippen LogP contribution in [0.3, 0.4) is 0 Å². The Morgan fingerprint density at radius 3 is 2.54 bits per heavy atom. The van der Waals surface area contributed by atoms with E-state index < -0.39 is 10.0 Å². The highest BCUT2D eigenvalue weighted by Crippen LogP contribution is 2.33. The molecule has 2 aliphatic heterocycles.